The maximum Gasteiger partial charge on any atom is 0.313 e. The number of carboxylic acid groups (broad SMARTS) is 1. The maximum atomic E-state index is 11.9. The van der Waals surface area contributed by atoms with Gasteiger partial charge >= 0.3 is 5.97 Å². The van der Waals surface area contributed by atoms with Gasteiger partial charge in [0.25, 0.3) is 0 Å². The molecule has 0 aliphatic carbocycles. The zero-order valence-corrected chi connectivity index (χ0v) is 14.7. The predicted octanol–water partition coefficient (Wildman–Crippen LogP) is 1.40. The quantitative estimate of drug-likeness (QED) is 0.776. The molecule has 3 rings (SSSR count). The zero-order valence-electron chi connectivity index (χ0n) is 13.9. The Hall–Kier alpha value is -2.55. The number of aromatic nitrogens is 3. The van der Waals surface area contributed by atoms with Crippen LogP contribution in [0.1, 0.15) is 18.2 Å². The van der Waals surface area contributed by atoms with Crippen LogP contribution in [0.4, 0.5) is 0 Å². The molecule has 1 N–H and O–H groups in total. The van der Waals surface area contributed by atoms with Gasteiger partial charge in [-0.15, -0.1) is 10.2 Å². The second kappa shape index (κ2) is 7.14. The number of nitrogens with zero attached hydrogens (tertiary/aromatic N) is 4. The molecule has 2 aromatic rings. The Morgan fingerprint density at radius 3 is 2.80 bits per heavy atom. The standard InChI is InChI=1S/C16H18N4O4S/c1-19-8-10(7-13(19)21)15-17-18-16(25-9-14(22)23)20(15)11-5-3-4-6-12(11)24-2/h3-6,10H,7-9H2,1-2H3,(H,22,23). The highest BCUT2D eigenvalue weighted by Crippen LogP contribution is 2.34. The number of hydrogen-bond donors (Lipinski definition) is 1. The molecule has 1 aromatic carbocycles. The molecule has 1 aromatic heterocycles. The lowest BCUT2D eigenvalue weighted by molar-refractivity contribution is -0.134. The highest BCUT2D eigenvalue weighted by atomic mass is 32.2. The van der Waals surface area contributed by atoms with Crippen LogP contribution in [0.25, 0.3) is 5.69 Å². The molecule has 1 saturated heterocycles. The van der Waals surface area contributed by atoms with E-state index >= 15 is 0 Å². The number of rotatable bonds is 6. The average molecular weight is 362 g/mol. The number of carbonyl (C=O) groups is 2. The summed E-state index contributed by atoms with van der Waals surface area (Å²) >= 11 is 1.09. The number of para-hydroxylation sites is 2. The molecule has 9 heteroatoms. The van der Waals surface area contributed by atoms with Crippen molar-refractivity contribution in [1.29, 1.82) is 0 Å². The smallest absolute Gasteiger partial charge is 0.313 e. The van der Waals surface area contributed by atoms with Crippen molar-refractivity contribution in [3.63, 3.8) is 0 Å². The molecule has 1 unspecified atom stereocenters. The Labute approximate surface area is 148 Å². The summed E-state index contributed by atoms with van der Waals surface area (Å²) in [6.07, 6.45) is 0.355. The monoisotopic (exact) mass is 362 g/mol. The highest BCUT2D eigenvalue weighted by Gasteiger charge is 2.33. The largest absolute Gasteiger partial charge is 0.495 e. The summed E-state index contributed by atoms with van der Waals surface area (Å²) in [6.45, 7) is 0.551. The van der Waals surface area contributed by atoms with E-state index in [4.69, 9.17) is 9.84 Å². The topological polar surface area (TPSA) is 97.5 Å². The minimum Gasteiger partial charge on any atom is -0.495 e. The van der Waals surface area contributed by atoms with Crippen molar-refractivity contribution >= 4 is 23.6 Å². The second-order valence-corrected chi connectivity index (χ2v) is 6.65. The Bertz CT molecular complexity index is 807. The van der Waals surface area contributed by atoms with Crippen molar-refractivity contribution in [2.45, 2.75) is 17.5 Å². The summed E-state index contributed by atoms with van der Waals surface area (Å²) in [4.78, 5) is 24.5. The van der Waals surface area contributed by atoms with Crippen molar-refractivity contribution in [2.24, 2.45) is 0 Å². The molecule has 1 aliphatic heterocycles. The summed E-state index contributed by atoms with van der Waals surface area (Å²) in [6, 6.07) is 7.39. The molecular weight excluding hydrogens is 344 g/mol. The van der Waals surface area contributed by atoms with Crippen LogP contribution in [0, 0.1) is 0 Å². The van der Waals surface area contributed by atoms with E-state index in [2.05, 4.69) is 10.2 Å². The van der Waals surface area contributed by atoms with Crippen molar-refractivity contribution in [2.75, 3.05) is 26.5 Å². The molecule has 1 amide bonds. The van der Waals surface area contributed by atoms with Gasteiger partial charge in [-0.2, -0.15) is 0 Å². The fourth-order valence-corrected chi connectivity index (χ4v) is 3.51. The number of ether oxygens (including phenoxy) is 1. The Kier molecular flexibility index (Phi) is 4.93. The average Bonchev–Trinajstić information content (AvgIpc) is 3.16. The third kappa shape index (κ3) is 3.46. The van der Waals surface area contributed by atoms with Gasteiger partial charge in [0.15, 0.2) is 5.16 Å². The van der Waals surface area contributed by atoms with Gasteiger partial charge in [-0.25, -0.2) is 0 Å². The normalized spacial score (nSPS) is 17.1. The first-order valence-corrected chi connectivity index (χ1v) is 8.67. The van der Waals surface area contributed by atoms with Crippen LogP contribution in [0.2, 0.25) is 0 Å². The van der Waals surface area contributed by atoms with Crippen LogP contribution in [0.15, 0.2) is 29.4 Å². The summed E-state index contributed by atoms with van der Waals surface area (Å²) in [5, 5.41) is 17.9. The minimum absolute atomic E-state index is 0.0549. The number of likely N-dealkylation sites (N-methyl/N-ethyl adjacent to an activating group) is 1. The van der Waals surface area contributed by atoms with Gasteiger partial charge in [-0.1, -0.05) is 23.9 Å². The summed E-state index contributed by atoms with van der Waals surface area (Å²) in [7, 11) is 3.33. The zero-order chi connectivity index (χ0) is 18.0. The first kappa shape index (κ1) is 17.3. The van der Waals surface area contributed by atoms with Gasteiger partial charge in [0.05, 0.1) is 18.6 Å². The lowest BCUT2D eigenvalue weighted by Crippen LogP contribution is -2.19. The van der Waals surface area contributed by atoms with Crippen molar-refractivity contribution in [3.05, 3.63) is 30.1 Å². The first-order valence-electron chi connectivity index (χ1n) is 7.68. The maximum absolute atomic E-state index is 11.9. The van der Waals surface area contributed by atoms with Gasteiger partial charge in [0.1, 0.15) is 11.6 Å². The van der Waals surface area contributed by atoms with E-state index in [1.54, 1.807) is 23.6 Å². The minimum atomic E-state index is -0.933. The van der Waals surface area contributed by atoms with Crippen LogP contribution >= 0.6 is 11.8 Å². The van der Waals surface area contributed by atoms with Gasteiger partial charge < -0.3 is 14.7 Å². The Morgan fingerprint density at radius 1 is 1.40 bits per heavy atom. The number of amides is 1. The fraction of sp³-hybridized carbons (Fsp3) is 0.375. The molecule has 132 valence electrons. The highest BCUT2D eigenvalue weighted by molar-refractivity contribution is 7.99. The van der Waals surface area contributed by atoms with Crippen LogP contribution in [-0.4, -0.2) is 63.1 Å². The van der Waals surface area contributed by atoms with Gasteiger partial charge in [-0.05, 0) is 12.1 Å². The van der Waals surface area contributed by atoms with E-state index in [0.717, 1.165) is 17.4 Å². The van der Waals surface area contributed by atoms with Gasteiger partial charge in [0.2, 0.25) is 5.91 Å². The number of methoxy groups -OCH3 is 1. The number of aliphatic carboxylic acids is 1. The lowest BCUT2D eigenvalue weighted by atomic mass is 10.1. The van der Waals surface area contributed by atoms with Crippen LogP contribution < -0.4 is 4.74 Å². The van der Waals surface area contributed by atoms with E-state index in [1.165, 1.54) is 0 Å². The summed E-state index contributed by atoms with van der Waals surface area (Å²) < 4.78 is 7.23. The summed E-state index contributed by atoms with van der Waals surface area (Å²) in [5.41, 5.74) is 0.722. The van der Waals surface area contributed by atoms with Crippen molar-refractivity contribution < 1.29 is 19.4 Å². The molecule has 8 nitrogen and oxygen atoms in total. The second-order valence-electron chi connectivity index (χ2n) is 5.71. The number of carboxylic acids is 1. The number of likely N-dealkylation sites (tertiary alicyclic amines) is 1. The number of thioether (sulfide) groups is 1. The molecule has 0 radical (unpaired) electrons. The first-order chi connectivity index (χ1) is 12.0. The molecule has 2 heterocycles. The molecule has 0 saturated carbocycles. The third-order valence-corrected chi connectivity index (χ3v) is 4.93. The van der Waals surface area contributed by atoms with Crippen molar-refractivity contribution in [3.8, 4) is 11.4 Å². The third-order valence-electron chi connectivity index (χ3n) is 4.02. The molecule has 1 atom stereocenters. The number of hydrogen-bond acceptors (Lipinski definition) is 6. The van der Waals surface area contributed by atoms with Gasteiger partial charge in [-0.3, -0.25) is 14.2 Å². The lowest BCUT2D eigenvalue weighted by Gasteiger charge is -2.16. The van der Waals surface area contributed by atoms with Crippen LogP contribution in [-0.2, 0) is 9.59 Å². The Morgan fingerprint density at radius 2 is 2.16 bits per heavy atom. The van der Waals surface area contributed by atoms with E-state index in [-0.39, 0.29) is 17.6 Å². The van der Waals surface area contributed by atoms with E-state index in [0.29, 0.717) is 29.7 Å². The molecule has 0 spiro atoms. The molecule has 1 aliphatic rings. The summed E-state index contributed by atoms with van der Waals surface area (Å²) in [5.74, 6) is 0.148. The molecule has 0 bridgehead atoms. The number of benzene rings is 1. The Balaban J connectivity index is 2.07. The number of carbonyl (C=O) groups excluding carboxylic acids is 1. The van der Waals surface area contributed by atoms with Gasteiger partial charge in [0, 0.05) is 25.9 Å². The van der Waals surface area contributed by atoms with E-state index in [9.17, 15) is 9.59 Å². The SMILES string of the molecule is COc1ccccc1-n1c(SCC(=O)O)nnc1C1CC(=O)N(C)C1. The molecular formula is C16H18N4O4S. The fourth-order valence-electron chi connectivity index (χ4n) is 2.84. The van der Waals surface area contributed by atoms with Crippen molar-refractivity contribution in [1.82, 2.24) is 19.7 Å². The molecule has 25 heavy (non-hydrogen) atoms. The van der Waals surface area contributed by atoms with Crippen LogP contribution in [0.5, 0.6) is 5.75 Å². The molecule has 1 fully saturated rings. The predicted molar refractivity (Wildman–Crippen MR) is 91.3 cm³/mol. The van der Waals surface area contributed by atoms with Crippen LogP contribution in [0.3, 0.4) is 0 Å². The van der Waals surface area contributed by atoms with E-state index in [1.807, 2.05) is 24.3 Å². The van der Waals surface area contributed by atoms with E-state index < -0.39 is 5.97 Å².